The molecule has 0 fully saturated rings. The first-order chi connectivity index (χ1) is 8.99. The van der Waals surface area contributed by atoms with E-state index in [1.165, 1.54) is 30.3 Å². The molecule has 2 rings (SSSR count). The van der Waals surface area contributed by atoms with E-state index in [4.69, 9.17) is 9.52 Å². The highest BCUT2D eigenvalue weighted by molar-refractivity contribution is 6.13. The highest BCUT2D eigenvalue weighted by atomic mass is 16.6. The van der Waals surface area contributed by atoms with E-state index in [9.17, 15) is 14.9 Å². The van der Waals surface area contributed by atoms with E-state index >= 15 is 0 Å². The Morgan fingerprint density at radius 3 is 2.37 bits per heavy atom. The molecular weight excluding hydrogens is 250 g/mol. The molecule has 19 heavy (non-hydrogen) atoms. The number of nitrogens with zero attached hydrogens (tertiary/aromatic N) is 1. The van der Waals surface area contributed by atoms with Gasteiger partial charge in [-0.05, 0) is 24.3 Å². The van der Waals surface area contributed by atoms with Gasteiger partial charge in [0.1, 0.15) is 11.5 Å². The van der Waals surface area contributed by atoms with Gasteiger partial charge in [-0.3, -0.25) is 10.1 Å². The van der Waals surface area contributed by atoms with Crippen molar-refractivity contribution in [1.29, 1.82) is 0 Å². The molecule has 0 atom stereocenters. The van der Waals surface area contributed by atoms with Crippen molar-refractivity contribution in [2.24, 2.45) is 0 Å². The normalized spacial score (nSPS) is 10.1. The van der Waals surface area contributed by atoms with Crippen LogP contribution in [-0.2, 0) is 4.79 Å². The summed E-state index contributed by atoms with van der Waals surface area (Å²) in [6, 6.07) is 8.85. The number of carbonyl (C=O) groups is 1. The Hall–Kier alpha value is -2.89. The van der Waals surface area contributed by atoms with Gasteiger partial charge in [0.2, 0.25) is 0 Å². The van der Waals surface area contributed by atoms with Gasteiger partial charge in [0.15, 0.2) is 0 Å². The van der Waals surface area contributed by atoms with Crippen molar-refractivity contribution < 1.29 is 19.2 Å². The summed E-state index contributed by atoms with van der Waals surface area (Å²) in [7, 11) is 0. The summed E-state index contributed by atoms with van der Waals surface area (Å²) in [6.45, 7) is 3.39. The predicted molar refractivity (Wildman–Crippen MR) is 67.5 cm³/mol. The van der Waals surface area contributed by atoms with Gasteiger partial charge in [-0.25, -0.2) is 4.79 Å². The van der Waals surface area contributed by atoms with Crippen LogP contribution in [0.1, 0.15) is 5.76 Å². The summed E-state index contributed by atoms with van der Waals surface area (Å²) in [5, 5.41) is 19.3. The Labute approximate surface area is 107 Å². The number of furan rings is 1. The summed E-state index contributed by atoms with van der Waals surface area (Å²) in [6.07, 6.45) is 0. The first-order valence-electron chi connectivity index (χ1n) is 5.26. The molecule has 1 heterocycles. The van der Waals surface area contributed by atoms with Crippen LogP contribution in [0.2, 0.25) is 0 Å². The lowest BCUT2D eigenvalue weighted by Gasteiger charge is -1.97. The standard InChI is InChI=1S/C13H9NO5/c1-8(13(15)16)11-6-7-12(19-11)9-2-4-10(5-3-9)14(17)18/h2-7H,1H2,(H,15,16). The number of non-ortho nitro benzene ring substituents is 1. The number of hydrogen-bond donors (Lipinski definition) is 1. The first kappa shape index (κ1) is 12.6. The third-order valence-electron chi connectivity index (χ3n) is 2.52. The van der Waals surface area contributed by atoms with Gasteiger partial charge in [-0.2, -0.15) is 0 Å². The van der Waals surface area contributed by atoms with E-state index in [-0.39, 0.29) is 17.0 Å². The lowest BCUT2D eigenvalue weighted by Crippen LogP contribution is -1.95. The number of nitro groups is 1. The number of aliphatic carboxylic acids is 1. The maximum Gasteiger partial charge on any atom is 0.338 e. The number of carboxylic acids is 1. The van der Waals surface area contributed by atoms with Gasteiger partial charge in [-0.1, -0.05) is 6.58 Å². The lowest BCUT2D eigenvalue weighted by molar-refractivity contribution is -0.384. The topological polar surface area (TPSA) is 93.6 Å². The van der Waals surface area contributed by atoms with Crippen LogP contribution in [-0.4, -0.2) is 16.0 Å². The van der Waals surface area contributed by atoms with Crippen LogP contribution >= 0.6 is 0 Å². The number of carboxylic acid groups (broad SMARTS) is 1. The molecule has 1 N–H and O–H groups in total. The number of hydrogen-bond acceptors (Lipinski definition) is 4. The zero-order valence-electron chi connectivity index (χ0n) is 9.70. The Balaban J connectivity index is 2.30. The van der Waals surface area contributed by atoms with Crippen LogP contribution in [0.15, 0.2) is 47.4 Å². The first-order valence-corrected chi connectivity index (χ1v) is 5.26. The molecule has 96 valence electrons. The van der Waals surface area contributed by atoms with Crippen LogP contribution in [0.3, 0.4) is 0 Å². The van der Waals surface area contributed by atoms with E-state index in [0.717, 1.165) is 0 Å². The fourth-order valence-electron chi connectivity index (χ4n) is 1.51. The van der Waals surface area contributed by atoms with Gasteiger partial charge in [-0.15, -0.1) is 0 Å². The van der Waals surface area contributed by atoms with E-state index < -0.39 is 10.9 Å². The molecule has 0 bridgehead atoms. The van der Waals surface area contributed by atoms with E-state index in [1.807, 2.05) is 0 Å². The van der Waals surface area contributed by atoms with Crippen LogP contribution in [0.25, 0.3) is 16.9 Å². The molecule has 0 amide bonds. The molecule has 6 nitrogen and oxygen atoms in total. The Morgan fingerprint density at radius 1 is 1.21 bits per heavy atom. The zero-order valence-corrected chi connectivity index (χ0v) is 9.70. The quantitative estimate of drug-likeness (QED) is 0.517. The molecule has 0 saturated heterocycles. The van der Waals surface area contributed by atoms with Gasteiger partial charge in [0.05, 0.1) is 10.5 Å². The molecular formula is C13H9NO5. The highest BCUT2D eigenvalue weighted by Crippen LogP contribution is 2.26. The highest BCUT2D eigenvalue weighted by Gasteiger charge is 2.13. The van der Waals surface area contributed by atoms with E-state index in [0.29, 0.717) is 11.3 Å². The molecule has 1 aromatic carbocycles. The summed E-state index contributed by atoms with van der Waals surface area (Å²) < 4.78 is 5.34. The van der Waals surface area contributed by atoms with Gasteiger partial charge in [0, 0.05) is 17.7 Å². The molecule has 0 aliphatic carbocycles. The molecule has 1 aromatic heterocycles. The summed E-state index contributed by atoms with van der Waals surface area (Å²) in [5.41, 5.74) is 0.452. The van der Waals surface area contributed by atoms with Crippen molar-refractivity contribution in [3.05, 3.63) is 58.9 Å². The minimum atomic E-state index is -1.16. The van der Waals surface area contributed by atoms with E-state index in [1.54, 1.807) is 6.07 Å². The third-order valence-corrected chi connectivity index (χ3v) is 2.52. The van der Waals surface area contributed by atoms with Gasteiger partial charge >= 0.3 is 5.97 Å². The number of benzene rings is 1. The van der Waals surface area contributed by atoms with Crippen molar-refractivity contribution >= 4 is 17.2 Å². The smallest absolute Gasteiger partial charge is 0.338 e. The molecule has 2 aromatic rings. The second-order valence-corrected chi connectivity index (χ2v) is 3.75. The van der Waals surface area contributed by atoms with Crippen LogP contribution in [0, 0.1) is 10.1 Å². The van der Waals surface area contributed by atoms with Crippen LogP contribution < -0.4 is 0 Å². The molecule has 0 aliphatic rings. The minimum absolute atomic E-state index is 0.0227. The Bertz CT molecular complexity index is 654. The molecule has 0 radical (unpaired) electrons. The Kier molecular flexibility index (Phi) is 3.15. The summed E-state index contributed by atoms with van der Waals surface area (Å²) >= 11 is 0. The van der Waals surface area contributed by atoms with Crippen molar-refractivity contribution in [3.8, 4) is 11.3 Å². The lowest BCUT2D eigenvalue weighted by atomic mass is 10.1. The average molecular weight is 259 g/mol. The maximum absolute atomic E-state index is 10.7. The fourth-order valence-corrected chi connectivity index (χ4v) is 1.51. The maximum atomic E-state index is 10.7. The fraction of sp³-hybridized carbons (Fsp3) is 0. The summed E-state index contributed by atoms with van der Waals surface area (Å²) in [5.74, 6) is -0.585. The zero-order chi connectivity index (χ0) is 14.0. The van der Waals surface area contributed by atoms with E-state index in [2.05, 4.69) is 6.58 Å². The van der Waals surface area contributed by atoms with Crippen molar-refractivity contribution in [1.82, 2.24) is 0 Å². The third kappa shape index (κ3) is 2.52. The van der Waals surface area contributed by atoms with Crippen molar-refractivity contribution in [3.63, 3.8) is 0 Å². The van der Waals surface area contributed by atoms with Gasteiger partial charge in [0.25, 0.3) is 5.69 Å². The van der Waals surface area contributed by atoms with Crippen molar-refractivity contribution in [2.75, 3.05) is 0 Å². The second kappa shape index (κ2) is 4.77. The van der Waals surface area contributed by atoms with Crippen LogP contribution in [0.4, 0.5) is 5.69 Å². The van der Waals surface area contributed by atoms with Crippen LogP contribution in [0.5, 0.6) is 0 Å². The number of rotatable bonds is 4. The SMILES string of the molecule is C=C(C(=O)O)c1ccc(-c2ccc([N+](=O)[O-])cc2)o1. The molecule has 0 saturated carbocycles. The summed E-state index contributed by atoms with van der Waals surface area (Å²) in [4.78, 5) is 20.8. The molecule has 0 unspecified atom stereocenters. The second-order valence-electron chi connectivity index (χ2n) is 3.75. The molecule has 0 aliphatic heterocycles. The van der Waals surface area contributed by atoms with Gasteiger partial charge < -0.3 is 9.52 Å². The molecule has 6 heteroatoms. The average Bonchev–Trinajstić information content (AvgIpc) is 2.87. The van der Waals surface area contributed by atoms with Crippen molar-refractivity contribution in [2.45, 2.75) is 0 Å². The molecule has 0 spiro atoms. The minimum Gasteiger partial charge on any atom is -0.478 e. The monoisotopic (exact) mass is 259 g/mol. The largest absolute Gasteiger partial charge is 0.478 e. The Morgan fingerprint density at radius 2 is 1.84 bits per heavy atom. The number of nitro benzene ring substituents is 1. The predicted octanol–water partition coefficient (Wildman–Crippen LogP) is 2.95.